The van der Waals surface area contributed by atoms with Gasteiger partial charge in [0.2, 0.25) is 0 Å². The third-order valence-corrected chi connectivity index (χ3v) is 3.82. The summed E-state index contributed by atoms with van der Waals surface area (Å²) in [5, 5.41) is 7.27. The van der Waals surface area contributed by atoms with Crippen molar-refractivity contribution in [2.75, 3.05) is 7.11 Å². The van der Waals surface area contributed by atoms with Crippen LogP contribution in [-0.4, -0.2) is 12.2 Å². The first kappa shape index (κ1) is 16.3. The zero-order chi connectivity index (χ0) is 15.9. The third-order valence-electron chi connectivity index (χ3n) is 3.59. The lowest BCUT2D eigenvalue weighted by Gasteiger charge is -2.21. The second-order valence-corrected chi connectivity index (χ2v) is 5.66. The van der Waals surface area contributed by atoms with Crippen LogP contribution in [0.25, 0.3) is 0 Å². The summed E-state index contributed by atoms with van der Waals surface area (Å²) < 4.78 is 5.26. The number of thiocarbonyl (C=S) groups is 1. The molecule has 4 heteroatoms. The molecule has 0 aliphatic rings. The molecule has 2 atom stereocenters. The molecule has 0 fully saturated rings. The first-order valence-corrected chi connectivity index (χ1v) is 7.77. The minimum Gasteiger partial charge on any atom is -0.497 e. The van der Waals surface area contributed by atoms with Gasteiger partial charge in [-0.1, -0.05) is 42.5 Å². The Balaban J connectivity index is 1.93. The maximum Gasteiger partial charge on any atom is 0.167 e. The van der Waals surface area contributed by atoms with Crippen LogP contribution in [-0.2, 0) is 0 Å². The summed E-state index contributed by atoms with van der Waals surface area (Å²) in [6.07, 6.45) is 0. The van der Waals surface area contributed by atoms with Crippen molar-refractivity contribution in [1.82, 2.24) is 10.6 Å². The van der Waals surface area contributed by atoms with E-state index in [4.69, 9.17) is 17.0 Å². The van der Waals surface area contributed by atoms with Crippen LogP contribution in [0.3, 0.4) is 0 Å². The van der Waals surface area contributed by atoms with E-state index in [2.05, 4.69) is 42.7 Å². The second-order valence-electron chi connectivity index (χ2n) is 5.25. The summed E-state index contributed by atoms with van der Waals surface area (Å²) in [6, 6.07) is 18.5. The van der Waals surface area contributed by atoms with Gasteiger partial charge in [-0.3, -0.25) is 0 Å². The molecular formula is C18H22N2OS. The summed E-state index contributed by atoms with van der Waals surface area (Å²) >= 11 is 5.41. The number of rotatable bonds is 5. The van der Waals surface area contributed by atoms with Gasteiger partial charge >= 0.3 is 0 Å². The van der Waals surface area contributed by atoms with Gasteiger partial charge in [-0.15, -0.1) is 0 Å². The van der Waals surface area contributed by atoms with E-state index in [9.17, 15) is 0 Å². The zero-order valence-corrected chi connectivity index (χ0v) is 14.0. The Morgan fingerprint density at radius 1 is 0.909 bits per heavy atom. The molecule has 22 heavy (non-hydrogen) atoms. The van der Waals surface area contributed by atoms with E-state index < -0.39 is 0 Å². The predicted molar refractivity (Wildman–Crippen MR) is 95.1 cm³/mol. The molecule has 2 aromatic rings. The molecule has 2 N–H and O–H groups in total. The quantitative estimate of drug-likeness (QED) is 0.818. The van der Waals surface area contributed by atoms with E-state index in [0.29, 0.717) is 5.11 Å². The van der Waals surface area contributed by atoms with Gasteiger partial charge < -0.3 is 15.4 Å². The fourth-order valence-electron chi connectivity index (χ4n) is 2.25. The highest BCUT2D eigenvalue weighted by Crippen LogP contribution is 2.19. The highest BCUT2D eigenvalue weighted by molar-refractivity contribution is 7.80. The SMILES string of the molecule is COc1cccc(C(C)NC(=S)NC(C)c2ccccc2)c1. The van der Waals surface area contributed by atoms with Crippen molar-refractivity contribution in [2.45, 2.75) is 25.9 Å². The molecule has 0 radical (unpaired) electrons. The number of ether oxygens (including phenoxy) is 1. The van der Waals surface area contributed by atoms with Crippen LogP contribution in [0.4, 0.5) is 0 Å². The van der Waals surface area contributed by atoms with Crippen LogP contribution >= 0.6 is 12.2 Å². The number of methoxy groups -OCH3 is 1. The molecule has 0 aromatic heterocycles. The minimum atomic E-state index is 0.109. The number of hydrogen-bond donors (Lipinski definition) is 2. The van der Waals surface area contributed by atoms with Crippen molar-refractivity contribution in [1.29, 1.82) is 0 Å². The van der Waals surface area contributed by atoms with Gasteiger partial charge in [-0.2, -0.15) is 0 Å². The number of nitrogens with one attached hydrogen (secondary N) is 2. The number of benzene rings is 2. The molecule has 0 spiro atoms. The highest BCUT2D eigenvalue weighted by atomic mass is 32.1. The summed E-state index contributed by atoms with van der Waals surface area (Å²) in [5.74, 6) is 0.850. The Hall–Kier alpha value is -2.07. The van der Waals surface area contributed by atoms with Crippen molar-refractivity contribution in [2.24, 2.45) is 0 Å². The van der Waals surface area contributed by atoms with Gasteiger partial charge in [0.05, 0.1) is 19.2 Å². The molecular weight excluding hydrogens is 292 g/mol. The zero-order valence-electron chi connectivity index (χ0n) is 13.2. The van der Waals surface area contributed by atoms with Gasteiger partial charge in [0.1, 0.15) is 5.75 Å². The van der Waals surface area contributed by atoms with Crippen molar-refractivity contribution in [3.63, 3.8) is 0 Å². The Morgan fingerprint density at radius 2 is 1.50 bits per heavy atom. The maximum absolute atomic E-state index is 5.41. The lowest BCUT2D eigenvalue weighted by atomic mass is 10.1. The highest BCUT2D eigenvalue weighted by Gasteiger charge is 2.10. The molecule has 2 rings (SSSR count). The normalized spacial score (nSPS) is 13.0. The van der Waals surface area contributed by atoms with E-state index in [-0.39, 0.29) is 12.1 Å². The van der Waals surface area contributed by atoms with Crippen molar-refractivity contribution in [3.8, 4) is 5.75 Å². The fraction of sp³-hybridized carbons (Fsp3) is 0.278. The largest absolute Gasteiger partial charge is 0.497 e. The number of hydrogen-bond acceptors (Lipinski definition) is 2. The lowest BCUT2D eigenvalue weighted by Crippen LogP contribution is -2.38. The van der Waals surface area contributed by atoms with Crippen LogP contribution in [0.5, 0.6) is 5.75 Å². The molecule has 2 aromatic carbocycles. The first-order chi connectivity index (χ1) is 10.6. The third kappa shape index (κ3) is 4.46. The van der Waals surface area contributed by atoms with Gasteiger partial charge in [-0.25, -0.2) is 0 Å². The molecule has 0 bridgehead atoms. The molecule has 0 aliphatic carbocycles. The summed E-state index contributed by atoms with van der Waals surface area (Å²) in [6.45, 7) is 4.18. The Morgan fingerprint density at radius 3 is 2.14 bits per heavy atom. The monoisotopic (exact) mass is 314 g/mol. The molecule has 0 heterocycles. The molecule has 0 saturated heterocycles. The Labute approximate surface area is 137 Å². The molecule has 3 nitrogen and oxygen atoms in total. The average molecular weight is 314 g/mol. The predicted octanol–water partition coefficient (Wildman–Crippen LogP) is 3.98. The van der Waals surface area contributed by atoms with Crippen LogP contribution in [0.1, 0.15) is 37.1 Å². The van der Waals surface area contributed by atoms with Gasteiger partial charge in [0.15, 0.2) is 5.11 Å². The molecule has 0 saturated carbocycles. The van der Waals surface area contributed by atoms with Crippen LogP contribution in [0.15, 0.2) is 54.6 Å². The molecule has 0 aliphatic heterocycles. The topological polar surface area (TPSA) is 33.3 Å². The van der Waals surface area contributed by atoms with E-state index in [0.717, 1.165) is 11.3 Å². The summed E-state index contributed by atoms with van der Waals surface area (Å²) in [7, 11) is 1.67. The summed E-state index contributed by atoms with van der Waals surface area (Å²) in [5.41, 5.74) is 2.34. The van der Waals surface area contributed by atoms with Gasteiger partial charge in [0, 0.05) is 0 Å². The lowest BCUT2D eigenvalue weighted by molar-refractivity contribution is 0.413. The van der Waals surface area contributed by atoms with E-state index >= 15 is 0 Å². The Bertz CT molecular complexity index is 615. The average Bonchev–Trinajstić information content (AvgIpc) is 2.55. The molecule has 2 unspecified atom stereocenters. The second kappa shape index (κ2) is 7.80. The van der Waals surface area contributed by atoms with Crippen molar-refractivity contribution >= 4 is 17.3 Å². The molecule has 0 amide bonds. The first-order valence-electron chi connectivity index (χ1n) is 7.36. The van der Waals surface area contributed by atoms with E-state index in [1.165, 1.54) is 5.56 Å². The van der Waals surface area contributed by atoms with E-state index in [1.54, 1.807) is 7.11 Å². The van der Waals surface area contributed by atoms with Gasteiger partial charge in [-0.05, 0) is 49.3 Å². The van der Waals surface area contributed by atoms with Gasteiger partial charge in [0.25, 0.3) is 0 Å². The maximum atomic E-state index is 5.41. The molecule has 116 valence electrons. The van der Waals surface area contributed by atoms with Crippen molar-refractivity contribution in [3.05, 3.63) is 65.7 Å². The van der Waals surface area contributed by atoms with Crippen LogP contribution in [0, 0.1) is 0 Å². The van der Waals surface area contributed by atoms with Crippen LogP contribution < -0.4 is 15.4 Å². The van der Waals surface area contributed by atoms with Crippen LogP contribution in [0.2, 0.25) is 0 Å². The summed E-state index contributed by atoms with van der Waals surface area (Å²) in [4.78, 5) is 0. The fourth-order valence-corrected chi connectivity index (χ4v) is 2.61. The van der Waals surface area contributed by atoms with Crippen molar-refractivity contribution < 1.29 is 4.74 Å². The van der Waals surface area contributed by atoms with E-state index in [1.807, 2.05) is 36.4 Å². The Kier molecular flexibility index (Phi) is 5.78. The minimum absolute atomic E-state index is 0.109. The standard InChI is InChI=1S/C18H22N2OS/c1-13(15-8-5-4-6-9-15)19-18(22)20-14(2)16-10-7-11-17(12-16)21-3/h4-14H,1-3H3,(H2,19,20,22). The smallest absolute Gasteiger partial charge is 0.167 e.